The Balaban J connectivity index is 2.90. The van der Waals surface area contributed by atoms with Crippen LogP contribution in [0.3, 0.4) is 0 Å². The number of nitro benzene ring substituents is 1. The average Bonchev–Trinajstić information content (AvgIpc) is 2.17. The first kappa shape index (κ1) is 8.90. The fourth-order valence-electron chi connectivity index (χ4n) is 1.28. The van der Waals surface area contributed by atoms with Gasteiger partial charge >= 0.3 is 5.69 Å². The lowest BCUT2D eigenvalue weighted by Gasteiger charge is -1.99. The molecule has 1 heterocycles. The highest BCUT2D eigenvalue weighted by molar-refractivity contribution is 6.33. The average molecular weight is 209 g/mol. The van der Waals surface area contributed by atoms with E-state index in [0.717, 1.165) is 0 Å². The Labute approximate surface area is 84.3 Å². The molecule has 14 heavy (non-hydrogen) atoms. The van der Waals surface area contributed by atoms with Crippen LogP contribution in [0.2, 0.25) is 5.02 Å². The number of hydrogen-bond donors (Lipinski definition) is 0. The van der Waals surface area contributed by atoms with E-state index in [1.54, 1.807) is 18.2 Å². The molecule has 0 saturated carbocycles. The van der Waals surface area contributed by atoms with Gasteiger partial charge in [0, 0.05) is 11.6 Å². The van der Waals surface area contributed by atoms with Gasteiger partial charge in [-0.15, -0.1) is 0 Å². The third kappa shape index (κ3) is 1.29. The zero-order valence-electron chi connectivity index (χ0n) is 6.98. The molecular formula is C9H5ClN2O2. The van der Waals surface area contributed by atoms with Crippen molar-refractivity contribution in [1.29, 1.82) is 0 Å². The number of pyridine rings is 1. The highest BCUT2D eigenvalue weighted by Gasteiger charge is 2.17. The van der Waals surface area contributed by atoms with E-state index < -0.39 is 4.92 Å². The number of halogens is 1. The van der Waals surface area contributed by atoms with Crippen molar-refractivity contribution in [1.82, 2.24) is 4.98 Å². The van der Waals surface area contributed by atoms with E-state index in [1.165, 1.54) is 12.3 Å². The number of rotatable bonds is 1. The van der Waals surface area contributed by atoms with Gasteiger partial charge < -0.3 is 0 Å². The number of nitrogens with zero attached hydrogens (tertiary/aromatic N) is 2. The van der Waals surface area contributed by atoms with Crippen LogP contribution in [0, 0.1) is 10.1 Å². The van der Waals surface area contributed by atoms with Crippen molar-refractivity contribution in [3.05, 3.63) is 45.6 Å². The van der Waals surface area contributed by atoms with Gasteiger partial charge in [-0.1, -0.05) is 23.7 Å². The predicted molar refractivity (Wildman–Crippen MR) is 53.4 cm³/mol. The Morgan fingerprint density at radius 3 is 2.86 bits per heavy atom. The zero-order valence-corrected chi connectivity index (χ0v) is 7.73. The highest BCUT2D eigenvalue weighted by atomic mass is 35.5. The molecule has 0 N–H and O–H groups in total. The molecule has 0 atom stereocenters. The Bertz CT molecular complexity index is 513. The molecule has 4 nitrogen and oxygen atoms in total. The van der Waals surface area contributed by atoms with E-state index in [0.29, 0.717) is 10.9 Å². The molecule has 0 unspecified atom stereocenters. The fraction of sp³-hybridized carbons (Fsp3) is 0. The minimum Gasteiger partial charge on any atom is -0.258 e. The van der Waals surface area contributed by atoms with Gasteiger partial charge in [-0.3, -0.25) is 10.1 Å². The monoisotopic (exact) mass is 208 g/mol. The van der Waals surface area contributed by atoms with Gasteiger partial charge in [0.1, 0.15) is 10.5 Å². The molecule has 2 rings (SSSR count). The standard InChI is InChI=1S/C9H5ClN2O2/c10-7-4-3-6-2-1-5-11-8(6)9(7)12(13)14/h1-5H. The Morgan fingerprint density at radius 1 is 1.36 bits per heavy atom. The van der Waals surface area contributed by atoms with Crippen molar-refractivity contribution < 1.29 is 4.92 Å². The number of fused-ring (bicyclic) bond motifs is 1. The van der Waals surface area contributed by atoms with E-state index >= 15 is 0 Å². The molecule has 0 amide bonds. The maximum atomic E-state index is 10.7. The smallest absolute Gasteiger partial charge is 0.258 e. The second-order valence-electron chi connectivity index (χ2n) is 2.73. The summed E-state index contributed by atoms with van der Waals surface area (Å²) in [5.41, 5.74) is 0.190. The van der Waals surface area contributed by atoms with Gasteiger partial charge in [-0.2, -0.15) is 0 Å². The van der Waals surface area contributed by atoms with E-state index in [1.807, 2.05) is 0 Å². The number of nitro groups is 1. The summed E-state index contributed by atoms with van der Waals surface area (Å²) in [6.45, 7) is 0. The molecule has 0 aliphatic carbocycles. The number of hydrogen-bond acceptors (Lipinski definition) is 3. The summed E-state index contributed by atoms with van der Waals surface area (Å²) in [5, 5.41) is 11.5. The summed E-state index contributed by atoms with van der Waals surface area (Å²) < 4.78 is 0. The van der Waals surface area contributed by atoms with E-state index in [4.69, 9.17) is 11.6 Å². The maximum Gasteiger partial charge on any atom is 0.313 e. The molecule has 1 aromatic carbocycles. The third-order valence-electron chi connectivity index (χ3n) is 1.88. The third-order valence-corrected chi connectivity index (χ3v) is 2.19. The first-order valence-electron chi connectivity index (χ1n) is 3.88. The van der Waals surface area contributed by atoms with Crippen LogP contribution in [0.5, 0.6) is 0 Å². The van der Waals surface area contributed by atoms with E-state index in [2.05, 4.69) is 4.98 Å². The van der Waals surface area contributed by atoms with Crippen molar-refractivity contribution >= 4 is 28.2 Å². The summed E-state index contributed by atoms with van der Waals surface area (Å²) in [6.07, 6.45) is 1.51. The van der Waals surface area contributed by atoms with Crippen LogP contribution in [-0.2, 0) is 0 Å². The van der Waals surface area contributed by atoms with Crippen LogP contribution in [0.1, 0.15) is 0 Å². The molecule has 2 aromatic rings. The summed E-state index contributed by atoms with van der Waals surface area (Å²) in [6, 6.07) is 6.69. The minimum atomic E-state index is -0.516. The molecule has 1 aromatic heterocycles. The normalized spacial score (nSPS) is 10.4. The lowest BCUT2D eigenvalue weighted by atomic mass is 10.2. The highest BCUT2D eigenvalue weighted by Crippen LogP contribution is 2.30. The van der Waals surface area contributed by atoms with Crippen LogP contribution < -0.4 is 0 Å². The van der Waals surface area contributed by atoms with Crippen LogP contribution in [0.25, 0.3) is 10.9 Å². The molecule has 0 fully saturated rings. The first-order valence-corrected chi connectivity index (χ1v) is 4.25. The lowest BCUT2D eigenvalue weighted by Crippen LogP contribution is -1.92. The van der Waals surface area contributed by atoms with Gasteiger partial charge in [-0.05, 0) is 12.1 Å². The Morgan fingerprint density at radius 2 is 2.14 bits per heavy atom. The van der Waals surface area contributed by atoms with Gasteiger partial charge in [0.2, 0.25) is 0 Å². The van der Waals surface area contributed by atoms with Crippen LogP contribution in [-0.4, -0.2) is 9.91 Å². The molecule has 5 heteroatoms. The molecule has 0 saturated heterocycles. The second kappa shape index (κ2) is 3.23. The van der Waals surface area contributed by atoms with Crippen LogP contribution in [0.4, 0.5) is 5.69 Å². The van der Waals surface area contributed by atoms with Crippen molar-refractivity contribution in [2.45, 2.75) is 0 Å². The van der Waals surface area contributed by atoms with Gasteiger partial charge in [0.25, 0.3) is 0 Å². The Hall–Kier alpha value is -1.68. The molecule has 0 radical (unpaired) electrons. The molecular weight excluding hydrogens is 204 g/mol. The summed E-state index contributed by atoms with van der Waals surface area (Å²) in [5.74, 6) is 0. The quantitative estimate of drug-likeness (QED) is 0.535. The van der Waals surface area contributed by atoms with Crippen molar-refractivity contribution in [2.75, 3.05) is 0 Å². The van der Waals surface area contributed by atoms with Gasteiger partial charge in [0.05, 0.1) is 4.92 Å². The predicted octanol–water partition coefficient (Wildman–Crippen LogP) is 2.80. The molecule has 0 spiro atoms. The molecule has 70 valence electrons. The Kier molecular flexibility index (Phi) is 2.05. The van der Waals surface area contributed by atoms with Gasteiger partial charge in [0.15, 0.2) is 0 Å². The maximum absolute atomic E-state index is 10.7. The number of benzene rings is 1. The largest absolute Gasteiger partial charge is 0.313 e. The second-order valence-corrected chi connectivity index (χ2v) is 3.14. The first-order chi connectivity index (χ1) is 6.70. The lowest BCUT2D eigenvalue weighted by molar-refractivity contribution is -0.383. The van der Waals surface area contributed by atoms with Crippen molar-refractivity contribution in [3.8, 4) is 0 Å². The summed E-state index contributed by atoms with van der Waals surface area (Å²) in [7, 11) is 0. The number of aromatic nitrogens is 1. The van der Waals surface area contributed by atoms with Gasteiger partial charge in [-0.25, -0.2) is 4.98 Å². The SMILES string of the molecule is O=[N+]([O-])c1c(Cl)ccc2cccnc12. The van der Waals surface area contributed by atoms with Crippen LogP contribution >= 0.6 is 11.6 Å². The van der Waals surface area contributed by atoms with E-state index in [-0.39, 0.29) is 10.7 Å². The van der Waals surface area contributed by atoms with E-state index in [9.17, 15) is 10.1 Å². The zero-order chi connectivity index (χ0) is 10.1. The van der Waals surface area contributed by atoms with Crippen LogP contribution in [0.15, 0.2) is 30.5 Å². The summed E-state index contributed by atoms with van der Waals surface area (Å²) in [4.78, 5) is 14.1. The topological polar surface area (TPSA) is 56.0 Å². The molecule has 0 bridgehead atoms. The molecule has 0 aliphatic heterocycles. The van der Waals surface area contributed by atoms with Crippen molar-refractivity contribution in [3.63, 3.8) is 0 Å². The molecule has 0 aliphatic rings. The summed E-state index contributed by atoms with van der Waals surface area (Å²) >= 11 is 5.72. The van der Waals surface area contributed by atoms with Crippen molar-refractivity contribution in [2.24, 2.45) is 0 Å². The fourth-order valence-corrected chi connectivity index (χ4v) is 1.50. The minimum absolute atomic E-state index is 0.112.